The van der Waals surface area contributed by atoms with E-state index in [0.29, 0.717) is 17.9 Å². The van der Waals surface area contributed by atoms with Gasteiger partial charge in [0.1, 0.15) is 11.5 Å². The molecule has 1 N–H and O–H groups in total. The maximum absolute atomic E-state index is 12.3. The minimum Gasteiger partial charge on any atom is -0.494 e. The van der Waals surface area contributed by atoms with Crippen molar-refractivity contribution in [2.24, 2.45) is 0 Å². The SMILES string of the molecule is CCCOc1ccc(C(=O)Nc2cccc(OC(C)CC)c2)cc1. The summed E-state index contributed by atoms with van der Waals surface area (Å²) >= 11 is 0. The fourth-order valence-electron chi connectivity index (χ4n) is 2.09. The van der Waals surface area contributed by atoms with Gasteiger partial charge in [0.25, 0.3) is 5.91 Å². The summed E-state index contributed by atoms with van der Waals surface area (Å²) in [6.07, 6.45) is 2.03. The fourth-order valence-corrected chi connectivity index (χ4v) is 2.09. The first-order valence-electron chi connectivity index (χ1n) is 8.43. The summed E-state index contributed by atoms with van der Waals surface area (Å²) in [6, 6.07) is 14.6. The third-order valence-corrected chi connectivity index (χ3v) is 3.59. The van der Waals surface area contributed by atoms with E-state index in [1.165, 1.54) is 0 Å². The zero-order valence-corrected chi connectivity index (χ0v) is 14.5. The number of amides is 1. The molecule has 0 aromatic heterocycles. The molecule has 2 aromatic carbocycles. The molecule has 0 saturated heterocycles. The first-order valence-corrected chi connectivity index (χ1v) is 8.43. The van der Waals surface area contributed by atoms with Crippen LogP contribution >= 0.6 is 0 Å². The number of hydrogen-bond donors (Lipinski definition) is 1. The number of rotatable bonds is 8. The van der Waals surface area contributed by atoms with Crippen molar-refractivity contribution < 1.29 is 14.3 Å². The van der Waals surface area contributed by atoms with Gasteiger partial charge in [0.15, 0.2) is 0 Å². The van der Waals surface area contributed by atoms with Crippen molar-refractivity contribution in [3.8, 4) is 11.5 Å². The first kappa shape index (κ1) is 17.9. The van der Waals surface area contributed by atoms with Crippen LogP contribution in [0.1, 0.15) is 44.0 Å². The third-order valence-electron chi connectivity index (χ3n) is 3.59. The molecule has 0 saturated carbocycles. The lowest BCUT2D eigenvalue weighted by molar-refractivity contribution is 0.102. The van der Waals surface area contributed by atoms with Gasteiger partial charge in [-0.1, -0.05) is 19.9 Å². The molecule has 0 aliphatic heterocycles. The van der Waals surface area contributed by atoms with Crippen molar-refractivity contribution >= 4 is 11.6 Å². The molecular formula is C20H25NO3. The Labute approximate surface area is 143 Å². The van der Waals surface area contributed by atoms with E-state index in [-0.39, 0.29) is 12.0 Å². The van der Waals surface area contributed by atoms with Gasteiger partial charge in [0, 0.05) is 17.3 Å². The van der Waals surface area contributed by atoms with Crippen LogP contribution < -0.4 is 14.8 Å². The van der Waals surface area contributed by atoms with E-state index >= 15 is 0 Å². The van der Waals surface area contributed by atoms with Crippen LogP contribution in [-0.4, -0.2) is 18.6 Å². The molecule has 1 amide bonds. The lowest BCUT2D eigenvalue weighted by Crippen LogP contribution is -2.13. The molecule has 1 atom stereocenters. The predicted octanol–water partition coefficient (Wildman–Crippen LogP) is 4.91. The highest BCUT2D eigenvalue weighted by molar-refractivity contribution is 6.04. The van der Waals surface area contributed by atoms with Gasteiger partial charge in [0.2, 0.25) is 0 Å². The van der Waals surface area contributed by atoms with Gasteiger partial charge >= 0.3 is 0 Å². The Kier molecular flexibility index (Phi) is 6.67. The Morgan fingerprint density at radius 3 is 2.50 bits per heavy atom. The van der Waals surface area contributed by atoms with E-state index in [0.717, 1.165) is 24.3 Å². The predicted molar refractivity (Wildman–Crippen MR) is 97.0 cm³/mol. The van der Waals surface area contributed by atoms with Gasteiger partial charge in [-0.05, 0) is 56.2 Å². The normalized spacial score (nSPS) is 11.6. The quantitative estimate of drug-likeness (QED) is 0.750. The van der Waals surface area contributed by atoms with Crippen molar-refractivity contribution in [3.63, 3.8) is 0 Å². The summed E-state index contributed by atoms with van der Waals surface area (Å²) in [7, 11) is 0. The van der Waals surface area contributed by atoms with E-state index in [9.17, 15) is 4.79 Å². The van der Waals surface area contributed by atoms with Crippen LogP contribution in [0.5, 0.6) is 11.5 Å². The number of benzene rings is 2. The molecule has 2 aromatic rings. The number of ether oxygens (including phenoxy) is 2. The topological polar surface area (TPSA) is 47.6 Å². The number of carbonyl (C=O) groups excluding carboxylic acids is 1. The second kappa shape index (κ2) is 8.96. The van der Waals surface area contributed by atoms with Crippen LogP contribution in [0.2, 0.25) is 0 Å². The van der Waals surface area contributed by atoms with Crippen LogP contribution in [0.15, 0.2) is 48.5 Å². The minimum atomic E-state index is -0.155. The van der Waals surface area contributed by atoms with E-state index in [1.807, 2.05) is 43.3 Å². The second-order valence-corrected chi connectivity index (χ2v) is 5.69. The first-order chi connectivity index (χ1) is 11.6. The van der Waals surface area contributed by atoms with Crippen molar-refractivity contribution in [1.82, 2.24) is 0 Å². The maximum Gasteiger partial charge on any atom is 0.255 e. The summed E-state index contributed by atoms with van der Waals surface area (Å²) < 4.78 is 11.3. The average Bonchev–Trinajstić information content (AvgIpc) is 2.60. The van der Waals surface area contributed by atoms with E-state index in [1.54, 1.807) is 12.1 Å². The molecule has 0 bridgehead atoms. The minimum absolute atomic E-state index is 0.145. The van der Waals surface area contributed by atoms with Gasteiger partial charge in [-0.3, -0.25) is 4.79 Å². The molecule has 0 heterocycles. The van der Waals surface area contributed by atoms with E-state index < -0.39 is 0 Å². The van der Waals surface area contributed by atoms with Crippen LogP contribution in [0.4, 0.5) is 5.69 Å². The van der Waals surface area contributed by atoms with E-state index in [4.69, 9.17) is 9.47 Å². The lowest BCUT2D eigenvalue weighted by atomic mass is 10.2. The summed E-state index contributed by atoms with van der Waals surface area (Å²) in [5, 5.41) is 2.89. The summed E-state index contributed by atoms with van der Waals surface area (Å²) in [6.45, 7) is 6.83. The highest BCUT2D eigenvalue weighted by Gasteiger charge is 2.08. The lowest BCUT2D eigenvalue weighted by Gasteiger charge is -2.13. The molecule has 0 fully saturated rings. The van der Waals surface area contributed by atoms with Gasteiger partial charge < -0.3 is 14.8 Å². The van der Waals surface area contributed by atoms with E-state index in [2.05, 4.69) is 19.2 Å². The molecule has 0 radical (unpaired) electrons. The van der Waals surface area contributed by atoms with Crippen molar-refractivity contribution in [2.45, 2.75) is 39.7 Å². The van der Waals surface area contributed by atoms with Gasteiger partial charge in [-0.2, -0.15) is 0 Å². The molecule has 0 aliphatic rings. The number of nitrogens with one attached hydrogen (secondary N) is 1. The number of hydrogen-bond acceptors (Lipinski definition) is 3. The second-order valence-electron chi connectivity index (χ2n) is 5.69. The molecular weight excluding hydrogens is 302 g/mol. The monoisotopic (exact) mass is 327 g/mol. The fraction of sp³-hybridized carbons (Fsp3) is 0.350. The number of anilines is 1. The van der Waals surface area contributed by atoms with Gasteiger partial charge in [-0.25, -0.2) is 0 Å². The summed E-state index contributed by atoms with van der Waals surface area (Å²) in [5.74, 6) is 1.38. The average molecular weight is 327 g/mol. The van der Waals surface area contributed by atoms with Crippen molar-refractivity contribution in [1.29, 1.82) is 0 Å². The molecule has 4 heteroatoms. The smallest absolute Gasteiger partial charge is 0.255 e. The summed E-state index contributed by atoms with van der Waals surface area (Å²) in [4.78, 5) is 12.3. The van der Waals surface area contributed by atoms with Gasteiger partial charge in [-0.15, -0.1) is 0 Å². The Balaban J connectivity index is 2.00. The molecule has 24 heavy (non-hydrogen) atoms. The Hall–Kier alpha value is -2.49. The van der Waals surface area contributed by atoms with Crippen LogP contribution in [0.25, 0.3) is 0 Å². The zero-order valence-electron chi connectivity index (χ0n) is 14.5. The number of carbonyl (C=O) groups is 1. The van der Waals surface area contributed by atoms with Crippen molar-refractivity contribution in [2.75, 3.05) is 11.9 Å². The highest BCUT2D eigenvalue weighted by atomic mass is 16.5. The Bertz CT molecular complexity index is 652. The maximum atomic E-state index is 12.3. The van der Waals surface area contributed by atoms with Gasteiger partial charge in [0.05, 0.1) is 12.7 Å². The largest absolute Gasteiger partial charge is 0.494 e. The van der Waals surface area contributed by atoms with Crippen LogP contribution in [-0.2, 0) is 0 Å². The zero-order chi connectivity index (χ0) is 17.4. The molecule has 128 valence electrons. The highest BCUT2D eigenvalue weighted by Crippen LogP contribution is 2.20. The van der Waals surface area contributed by atoms with Crippen LogP contribution in [0.3, 0.4) is 0 Å². The summed E-state index contributed by atoms with van der Waals surface area (Å²) in [5.41, 5.74) is 1.30. The van der Waals surface area contributed by atoms with Crippen molar-refractivity contribution in [3.05, 3.63) is 54.1 Å². The van der Waals surface area contributed by atoms with Crippen LogP contribution in [0, 0.1) is 0 Å². The third kappa shape index (κ3) is 5.30. The Morgan fingerprint density at radius 2 is 1.83 bits per heavy atom. The molecule has 0 spiro atoms. The molecule has 1 unspecified atom stereocenters. The molecule has 0 aliphatic carbocycles. The molecule has 4 nitrogen and oxygen atoms in total. The Morgan fingerprint density at radius 1 is 1.08 bits per heavy atom. The standard InChI is InChI=1S/C20H25NO3/c1-4-13-23-18-11-9-16(10-12-18)20(22)21-17-7-6-8-19(14-17)24-15(3)5-2/h6-12,14-15H,4-5,13H2,1-3H3,(H,21,22). The molecule has 2 rings (SSSR count).